The summed E-state index contributed by atoms with van der Waals surface area (Å²) in [6, 6.07) is 7.08. The average molecular weight is 216 g/mol. The van der Waals surface area contributed by atoms with E-state index in [-0.39, 0.29) is 24.4 Å². The Morgan fingerprint density at radius 1 is 1.36 bits per heavy atom. The highest BCUT2D eigenvalue weighted by atomic mass is 35.5. The van der Waals surface area contributed by atoms with Crippen molar-refractivity contribution in [3.05, 3.63) is 35.4 Å². The third-order valence-corrected chi connectivity index (χ3v) is 1.86. The second-order valence-corrected chi connectivity index (χ2v) is 2.90. The van der Waals surface area contributed by atoms with Crippen LogP contribution in [0.5, 0.6) is 0 Å². The molecule has 1 aromatic rings. The molecule has 0 saturated carbocycles. The largest absolute Gasteiger partial charge is 0.465 e. The molecule has 0 aromatic heterocycles. The van der Waals surface area contributed by atoms with Gasteiger partial charge in [0.25, 0.3) is 0 Å². The van der Waals surface area contributed by atoms with E-state index >= 15 is 0 Å². The highest BCUT2D eigenvalue weighted by molar-refractivity contribution is 5.89. The lowest BCUT2D eigenvalue weighted by Gasteiger charge is -2.05. The molecular weight excluding hydrogens is 202 g/mol. The first kappa shape index (κ1) is 12.9. The summed E-state index contributed by atoms with van der Waals surface area (Å²) in [7, 11) is 1.36. The van der Waals surface area contributed by atoms with Gasteiger partial charge in [-0.3, -0.25) is 0 Å². The van der Waals surface area contributed by atoms with Crippen molar-refractivity contribution in [1.29, 1.82) is 0 Å². The van der Waals surface area contributed by atoms with Crippen LogP contribution in [-0.2, 0) is 4.74 Å². The van der Waals surface area contributed by atoms with Gasteiger partial charge in [-0.05, 0) is 24.6 Å². The van der Waals surface area contributed by atoms with E-state index in [1.165, 1.54) is 7.11 Å². The normalized spacial score (nSPS) is 11.4. The first-order valence-corrected chi connectivity index (χ1v) is 4.09. The first-order chi connectivity index (χ1) is 6.15. The van der Waals surface area contributed by atoms with Gasteiger partial charge in [0.05, 0.1) is 12.7 Å². The van der Waals surface area contributed by atoms with E-state index in [4.69, 9.17) is 5.73 Å². The monoisotopic (exact) mass is 215 g/mol. The van der Waals surface area contributed by atoms with Crippen molar-refractivity contribution in [1.82, 2.24) is 0 Å². The maximum Gasteiger partial charge on any atom is 0.337 e. The minimum Gasteiger partial charge on any atom is -0.465 e. The van der Waals surface area contributed by atoms with E-state index in [1.54, 1.807) is 12.1 Å². The highest BCUT2D eigenvalue weighted by Crippen LogP contribution is 2.11. The average Bonchev–Trinajstić information content (AvgIpc) is 2.17. The van der Waals surface area contributed by atoms with Gasteiger partial charge < -0.3 is 10.5 Å². The van der Waals surface area contributed by atoms with E-state index in [1.807, 2.05) is 19.1 Å². The zero-order valence-electron chi connectivity index (χ0n) is 8.19. The molecule has 0 bridgehead atoms. The molecule has 1 atom stereocenters. The predicted molar refractivity (Wildman–Crippen MR) is 57.6 cm³/mol. The highest BCUT2D eigenvalue weighted by Gasteiger charge is 2.05. The summed E-state index contributed by atoms with van der Waals surface area (Å²) < 4.78 is 4.57. The molecule has 0 aliphatic rings. The fourth-order valence-electron chi connectivity index (χ4n) is 1.04. The lowest BCUT2D eigenvalue weighted by atomic mass is 10.1. The Labute approximate surface area is 89.7 Å². The number of nitrogens with two attached hydrogens (primary N) is 1. The van der Waals surface area contributed by atoms with E-state index in [0.717, 1.165) is 5.56 Å². The molecule has 0 saturated heterocycles. The second-order valence-electron chi connectivity index (χ2n) is 2.90. The number of halogens is 1. The van der Waals surface area contributed by atoms with Gasteiger partial charge in [-0.1, -0.05) is 12.1 Å². The summed E-state index contributed by atoms with van der Waals surface area (Å²) in [5.41, 5.74) is 7.21. The Morgan fingerprint density at radius 2 is 1.86 bits per heavy atom. The Morgan fingerprint density at radius 3 is 2.21 bits per heavy atom. The molecule has 0 aliphatic heterocycles. The van der Waals surface area contributed by atoms with Crippen molar-refractivity contribution in [2.75, 3.05) is 7.11 Å². The zero-order valence-corrected chi connectivity index (χ0v) is 9.01. The molecule has 0 aliphatic carbocycles. The van der Waals surface area contributed by atoms with Gasteiger partial charge in [0.1, 0.15) is 0 Å². The van der Waals surface area contributed by atoms with E-state index in [9.17, 15) is 4.79 Å². The summed E-state index contributed by atoms with van der Waals surface area (Å²) in [5.74, 6) is -0.323. The predicted octanol–water partition coefficient (Wildman–Crippen LogP) is 1.91. The molecule has 0 amide bonds. The fourth-order valence-corrected chi connectivity index (χ4v) is 1.04. The molecule has 78 valence electrons. The van der Waals surface area contributed by atoms with Crippen LogP contribution in [0.3, 0.4) is 0 Å². The molecule has 4 heteroatoms. The number of rotatable bonds is 2. The number of methoxy groups -OCH3 is 1. The van der Waals surface area contributed by atoms with Crippen molar-refractivity contribution in [2.24, 2.45) is 5.73 Å². The number of benzene rings is 1. The molecule has 3 nitrogen and oxygen atoms in total. The van der Waals surface area contributed by atoms with Crippen LogP contribution >= 0.6 is 12.4 Å². The van der Waals surface area contributed by atoms with Crippen LogP contribution < -0.4 is 5.73 Å². The van der Waals surface area contributed by atoms with Crippen molar-refractivity contribution < 1.29 is 9.53 Å². The topological polar surface area (TPSA) is 52.3 Å². The lowest BCUT2D eigenvalue weighted by Crippen LogP contribution is -2.06. The second kappa shape index (κ2) is 5.62. The van der Waals surface area contributed by atoms with Gasteiger partial charge in [-0.2, -0.15) is 0 Å². The van der Waals surface area contributed by atoms with Crippen molar-refractivity contribution in [2.45, 2.75) is 13.0 Å². The van der Waals surface area contributed by atoms with E-state index in [0.29, 0.717) is 5.56 Å². The standard InChI is InChI=1S/C10H13NO2.ClH/c1-7(11)8-3-5-9(6-4-8)10(12)13-2;/h3-7H,11H2,1-2H3;1H. The van der Waals surface area contributed by atoms with Crippen LogP contribution in [0.15, 0.2) is 24.3 Å². The summed E-state index contributed by atoms with van der Waals surface area (Å²) in [4.78, 5) is 11.0. The quantitative estimate of drug-likeness (QED) is 0.767. The lowest BCUT2D eigenvalue weighted by molar-refractivity contribution is 0.0600. The Kier molecular flexibility index (Phi) is 5.20. The molecule has 0 spiro atoms. The number of hydrogen-bond donors (Lipinski definition) is 1. The minimum absolute atomic E-state index is 0. The van der Waals surface area contributed by atoms with Crippen LogP contribution in [0.2, 0.25) is 0 Å². The van der Waals surface area contributed by atoms with Crippen LogP contribution in [0.1, 0.15) is 28.9 Å². The van der Waals surface area contributed by atoms with Crippen molar-refractivity contribution in [3.63, 3.8) is 0 Å². The van der Waals surface area contributed by atoms with Gasteiger partial charge in [0.2, 0.25) is 0 Å². The number of ether oxygens (including phenoxy) is 1. The first-order valence-electron chi connectivity index (χ1n) is 4.09. The molecule has 1 aromatic carbocycles. The fraction of sp³-hybridized carbons (Fsp3) is 0.300. The maximum atomic E-state index is 11.0. The molecule has 2 N–H and O–H groups in total. The van der Waals surface area contributed by atoms with Gasteiger partial charge in [-0.15, -0.1) is 12.4 Å². The summed E-state index contributed by atoms with van der Waals surface area (Å²) in [5, 5.41) is 0. The van der Waals surface area contributed by atoms with Crippen LogP contribution in [0.4, 0.5) is 0 Å². The summed E-state index contributed by atoms with van der Waals surface area (Å²) in [6.07, 6.45) is 0. The van der Waals surface area contributed by atoms with Gasteiger partial charge in [0.15, 0.2) is 0 Å². The summed E-state index contributed by atoms with van der Waals surface area (Å²) >= 11 is 0. The SMILES string of the molecule is COC(=O)c1ccc(C(C)N)cc1.Cl. The van der Waals surface area contributed by atoms with Crippen molar-refractivity contribution in [3.8, 4) is 0 Å². The van der Waals surface area contributed by atoms with Crippen LogP contribution in [-0.4, -0.2) is 13.1 Å². The van der Waals surface area contributed by atoms with E-state index in [2.05, 4.69) is 4.74 Å². The van der Waals surface area contributed by atoms with Gasteiger partial charge in [-0.25, -0.2) is 4.79 Å². The number of esters is 1. The molecule has 14 heavy (non-hydrogen) atoms. The smallest absolute Gasteiger partial charge is 0.337 e. The Balaban J connectivity index is 0.00000169. The number of carbonyl (C=O) groups is 1. The number of hydrogen-bond acceptors (Lipinski definition) is 3. The molecular formula is C10H14ClNO2. The Hall–Kier alpha value is -1.06. The zero-order chi connectivity index (χ0) is 9.84. The summed E-state index contributed by atoms with van der Waals surface area (Å²) in [6.45, 7) is 1.90. The molecule has 0 heterocycles. The van der Waals surface area contributed by atoms with Crippen LogP contribution in [0.25, 0.3) is 0 Å². The van der Waals surface area contributed by atoms with Crippen LogP contribution in [0, 0.1) is 0 Å². The molecule has 1 unspecified atom stereocenters. The van der Waals surface area contributed by atoms with Crippen molar-refractivity contribution >= 4 is 18.4 Å². The van der Waals surface area contributed by atoms with Gasteiger partial charge >= 0.3 is 5.97 Å². The molecule has 0 radical (unpaired) electrons. The van der Waals surface area contributed by atoms with Gasteiger partial charge in [0, 0.05) is 6.04 Å². The number of carbonyl (C=O) groups excluding carboxylic acids is 1. The third kappa shape index (κ3) is 3.01. The third-order valence-electron chi connectivity index (χ3n) is 1.86. The molecule has 1 rings (SSSR count). The van der Waals surface area contributed by atoms with E-state index < -0.39 is 0 Å². The molecule has 0 fully saturated rings. The Bertz CT molecular complexity index is 295. The maximum absolute atomic E-state index is 11.0. The minimum atomic E-state index is -0.323.